The van der Waals surface area contributed by atoms with Crippen LogP contribution in [-0.4, -0.2) is 35.5 Å². The van der Waals surface area contributed by atoms with E-state index in [4.69, 9.17) is 4.74 Å². The van der Waals surface area contributed by atoms with E-state index in [-0.39, 0.29) is 17.8 Å². The van der Waals surface area contributed by atoms with E-state index in [2.05, 4.69) is 9.88 Å². The predicted molar refractivity (Wildman–Crippen MR) is 104 cm³/mol. The molecule has 1 saturated carbocycles. The van der Waals surface area contributed by atoms with Gasteiger partial charge >= 0.3 is 6.18 Å². The van der Waals surface area contributed by atoms with E-state index >= 15 is 0 Å². The first-order valence-electron chi connectivity index (χ1n) is 10.1. The standard InChI is InChI=1S/C22H25F3N2O2/c23-22(24,25)15-29-20-12-6-11-19(26-20)27-14-13-21(28,16-7-2-1-3-8-16)17-9-4-5-10-18(17)27/h1-3,6-8,11-12,17-18,28H,4-5,9-10,13-15H2/t17-,18+,21-/m0/s1. The molecule has 0 bridgehead atoms. The van der Waals surface area contributed by atoms with Crippen molar-refractivity contribution in [3.05, 3.63) is 54.1 Å². The molecule has 1 aromatic heterocycles. The van der Waals surface area contributed by atoms with Crippen molar-refractivity contribution in [2.75, 3.05) is 18.1 Å². The van der Waals surface area contributed by atoms with E-state index < -0.39 is 18.4 Å². The average molecular weight is 406 g/mol. The van der Waals surface area contributed by atoms with Crippen LogP contribution in [0.5, 0.6) is 5.88 Å². The van der Waals surface area contributed by atoms with Crippen molar-refractivity contribution in [1.82, 2.24) is 4.98 Å². The third kappa shape index (κ3) is 4.20. The van der Waals surface area contributed by atoms with Crippen LogP contribution in [0, 0.1) is 5.92 Å². The minimum atomic E-state index is -4.40. The van der Waals surface area contributed by atoms with E-state index in [1.54, 1.807) is 12.1 Å². The molecule has 3 atom stereocenters. The largest absolute Gasteiger partial charge is 0.468 e. The van der Waals surface area contributed by atoms with Gasteiger partial charge in [0.15, 0.2) is 6.61 Å². The van der Waals surface area contributed by atoms with Gasteiger partial charge in [-0.3, -0.25) is 0 Å². The number of fused-ring (bicyclic) bond motifs is 1. The molecule has 0 amide bonds. The zero-order chi connectivity index (χ0) is 20.5. The number of hydrogen-bond acceptors (Lipinski definition) is 4. The molecular weight excluding hydrogens is 381 g/mol. The topological polar surface area (TPSA) is 45.6 Å². The molecule has 2 aromatic rings. The van der Waals surface area contributed by atoms with Gasteiger partial charge in [0.2, 0.25) is 5.88 Å². The van der Waals surface area contributed by atoms with Crippen LogP contribution in [0.3, 0.4) is 0 Å². The van der Waals surface area contributed by atoms with E-state index in [1.807, 2.05) is 30.3 Å². The lowest BCUT2D eigenvalue weighted by molar-refractivity contribution is -0.154. The minimum absolute atomic E-state index is 0.0314. The summed E-state index contributed by atoms with van der Waals surface area (Å²) >= 11 is 0. The van der Waals surface area contributed by atoms with E-state index in [1.165, 1.54) is 6.07 Å². The summed E-state index contributed by atoms with van der Waals surface area (Å²) in [5.41, 5.74) is 0.0412. The number of hydrogen-bond donors (Lipinski definition) is 1. The maximum absolute atomic E-state index is 12.5. The van der Waals surface area contributed by atoms with Crippen molar-refractivity contribution < 1.29 is 23.0 Å². The Labute approximate surface area is 168 Å². The van der Waals surface area contributed by atoms with Gasteiger partial charge < -0.3 is 14.7 Å². The average Bonchev–Trinajstić information content (AvgIpc) is 2.73. The fraction of sp³-hybridized carbons (Fsp3) is 0.500. The van der Waals surface area contributed by atoms with Gasteiger partial charge in [-0.05, 0) is 30.9 Å². The number of anilines is 1. The van der Waals surface area contributed by atoms with Crippen LogP contribution in [0.25, 0.3) is 0 Å². The Bertz CT molecular complexity index is 830. The smallest absolute Gasteiger partial charge is 0.422 e. The van der Waals surface area contributed by atoms with Crippen molar-refractivity contribution in [1.29, 1.82) is 0 Å². The van der Waals surface area contributed by atoms with Gasteiger partial charge in [0.1, 0.15) is 5.82 Å². The lowest BCUT2D eigenvalue weighted by Gasteiger charge is -2.53. The number of pyridine rings is 1. The Hall–Kier alpha value is -2.28. The third-order valence-electron chi connectivity index (χ3n) is 6.14. The molecule has 1 aliphatic carbocycles. The molecule has 2 fully saturated rings. The second-order valence-corrected chi connectivity index (χ2v) is 7.93. The number of ether oxygens (including phenoxy) is 1. The molecule has 1 N–H and O–H groups in total. The van der Waals surface area contributed by atoms with Crippen LogP contribution in [0.1, 0.15) is 37.7 Å². The Kier molecular flexibility index (Phi) is 5.42. The number of aromatic nitrogens is 1. The van der Waals surface area contributed by atoms with Crippen molar-refractivity contribution in [3.8, 4) is 5.88 Å². The number of alkyl halides is 3. The summed E-state index contributed by atoms with van der Waals surface area (Å²) in [6.45, 7) is -0.772. The van der Waals surface area contributed by atoms with Crippen molar-refractivity contribution in [3.63, 3.8) is 0 Å². The number of piperidine rings is 1. The Morgan fingerprint density at radius 1 is 1.07 bits per heavy atom. The lowest BCUT2D eigenvalue weighted by atomic mass is 9.66. The molecule has 0 unspecified atom stereocenters. The van der Waals surface area contributed by atoms with E-state index in [0.29, 0.717) is 18.8 Å². The minimum Gasteiger partial charge on any atom is -0.468 e. The normalized spacial score (nSPS) is 27.4. The molecule has 1 aromatic carbocycles. The first-order valence-corrected chi connectivity index (χ1v) is 10.1. The summed E-state index contributed by atoms with van der Waals surface area (Å²) in [4.78, 5) is 6.47. The highest BCUT2D eigenvalue weighted by atomic mass is 19.4. The highest BCUT2D eigenvalue weighted by Gasteiger charge is 2.49. The molecule has 4 nitrogen and oxygen atoms in total. The van der Waals surface area contributed by atoms with Crippen LogP contribution >= 0.6 is 0 Å². The predicted octanol–water partition coefficient (Wildman–Crippen LogP) is 4.68. The van der Waals surface area contributed by atoms with Gasteiger partial charge in [-0.2, -0.15) is 18.2 Å². The molecule has 2 aliphatic rings. The second kappa shape index (κ2) is 7.86. The van der Waals surface area contributed by atoms with E-state index in [0.717, 1.165) is 31.2 Å². The highest BCUT2D eigenvalue weighted by Crippen LogP contribution is 2.47. The first-order chi connectivity index (χ1) is 13.9. The highest BCUT2D eigenvalue weighted by molar-refractivity contribution is 5.44. The van der Waals surface area contributed by atoms with Crippen molar-refractivity contribution in [2.45, 2.75) is 49.9 Å². The molecule has 0 spiro atoms. The molecule has 0 radical (unpaired) electrons. The van der Waals surface area contributed by atoms with Crippen molar-refractivity contribution in [2.24, 2.45) is 5.92 Å². The monoisotopic (exact) mass is 406 g/mol. The summed E-state index contributed by atoms with van der Waals surface area (Å²) in [6, 6.07) is 14.8. The van der Waals surface area contributed by atoms with Crippen LogP contribution in [0.15, 0.2) is 48.5 Å². The van der Waals surface area contributed by atoms with Crippen LogP contribution < -0.4 is 9.64 Å². The second-order valence-electron chi connectivity index (χ2n) is 7.93. The van der Waals surface area contributed by atoms with Crippen LogP contribution in [-0.2, 0) is 5.60 Å². The number of benzene rings is 1. The summed E-state index contributed by atoms with van der Waals surface area (Å²) in [5.74, 6) is 0.627. The Balaban J connectivity index is 1.59. The summed E-state index contributed by atoms with van der Waals surface area (Å²) in [6.07, 6.45) is 0.113. The van der Waals surface area contributed by atoms with Gasteiger partial charge in [0.25, 0.3) is 0 Å². The maximum atomic E-state index is 12.5. The molecule has 1 aliphatic heterocycles. The van der Waals surface area contributed by atoms with Crippen molar-refractivity contribution >= 4 is 5.82 Å². The zero-order valence-corrected chi connectivity index (χ0v) is 16.1. The summed E-state index contributed by atoms with van der Waals surface area (Å²) < 4.78 is 42.3. The number of aliphatic hydroxyl groups is 1. The zero-order valence-electron chi connectivity index (χ0n) is 16.1. The molecule has 7 heteroatoms. The lowest BCUT2D eigenvalue weighted by Crippen LogP contribution is -2.57. The Morgan fingerprint density at radius 3 is 2.59 bits per heavy atom. The van der Waals surface area contributed by atoms with Gasteiger partial charge in [0.05, 0.1) is 5.60 Å². The third-order valence-corrected chi connectivity index (χ3v) is 6.14. The number of halogens is 3. The molecule has 1 saturated heterocycles. The molecule has 4 rings (SSSR count). The number of rotatable bonds is 4. The molecule has 156 valence electrons. The quantitative estimate of drug-likeness (QED) is 0.801. The first kappa shape index (κ1) is 20.0. The maximum Gasteiger partial charge on any atom is 0.422 e. The van der Waals surface area contributed by atoms with Crippen LogP contribution in [0.4, 0.5) is 19.0 Å². The van der Waals surface area contributed by atoms with Gasteiger partial charge in [-0.25, -0.2) is 0 Å². The van der Waals surface area contributed by atoms with Crippen LogP contribution in [0.2, 0.25) is 0 Å². The van der Waals surface area contributed by atoms with Gasteiger partial charge in [0, 0.05) is 24.6 Å². The fourth-order valence-electron chi connectivity index (χ4n) is 4.85. The fourth-order valence-corrected chi connectivity index (χ4v) is 4.85. The van der Waals surface area contributed by atoms with Gasteiger partial charge in [-0.15, -0.1) is 0 Å². The van der Waals surface area contributed by atoms with E-state index in [9.17, 15) is 18.3 Å². The Morgan fingerprint density at radius 2 is 1.83 bits per heavy atom. The number of nitrogens with zero attached hydrogens (tertiary/aromatic N) is 2. The summed E-state index contributed by atoms with van der Waals surface area (Å²) in [7, 11) is 0. The molecule has 2 heterocycles. The SMILES string of the molecule is O[C@]1(c2ccccc2)CCN(c2cccc(OCC(F)(F)F)n2)[C@@H]2CCCC[C@@H]21. The van der Waals surface area contributed by atoms with Gasteiger partial charge in [-0.1, -0.05) is 49.2 Å². The summed E-state index contributed by atoms with van der Waals surface area (Å²) in [5, 5.41) is 11.6. The molecular formula is C22H25F3N2O2. The molecule has 29 heavy (non-hydrogen) atoms.